The maximum Gasteiger partial charge on any atom is 0.257 e. The van der Waals surface area contributed by atoms with Crippen molar-refractivity contribution in [3.05, 3.63) is 23.8 Å². The van der Waals surface area contributed by atoms with Crippen molar-refractivity contribution in [3.8, 4) is 11.5 Å². The molecule has 128 valence electrons. The predicted octanol–water partition coefficient (Wildman–Crippen LogP) is 0.858. The van der Waals surface area contributed by atoms with E-state index in [1.165, 1.54) is 14.2 Å². The molecule has 8 heteroatoms. The first-order chi connectivity index (χ1) is 10.9. The van der Waals surface area contributed by atoms with Crippen molar-refractivity contribution in [1.29, 1.82) is 0 Å². The molecule has 0 spiro atoms. The van der Waals surface area contributed by atoms with Crippen molar-refractivity contribution in [3.63, 3.8) is 0 Å². The van der Waals surface area contributed by atoms with Crippen molar-refractivity contribution >= 4 is 15.9 Å². The Hall–Kier alpha value is -1.80. The molecule has 1 heterocycles. The smallest absolute Gasteiger partial charge is 0.257 e. The van der Waals surface area contributed by atoms with Crippen LogP contribution in [0.25, 0.3) is 0 Å². The zero-order chi connectivity index (χ0) is 17.0. The second-order valence-corrected chi connectivity index (χ2v) is 7.28. The minimum Gasteiger partial charge on any atom is -0.493 e. The summed E-state index contributed by atoms with van der Waals surface area (Å²) in [5.74, 6) is 0.780. The van der Waals surface area contributed by atoms with E-state index >= 15 is 0 Å². The number of piperidine rings is 1. The SMILES string of the molecule is COc1cccc(C(=O)N2CCC(NS(C)(=O)=O)CC2)c1OC. The number of carbonyl (C=O) groups excluding carboxylic acids is 1. The van der Waals surface area contributed by atoms with Gasteiger partial charge in [-0.3, -0.25) is 4.79 Å². The minimum atomic E-state index is -3.22. The van der Waals surface area contributed by atoms with Gasteiger partial charge in [0, 0.05) is 19.1 Å². The van der Waals surface area contributed by atoms with Gasteiger partial charge < -0.3 is 14.4 Å². The highest BCUT2D eigenvalue weighted by Gasteiger charge is 2.27. The lowest BCUT2D eigenvalue weighted by molar-refractivity contribution is 0.0707. The van der Waals surface area contributed by atoms with Gasteiger partial charge in [0.25, 0.3) is 5.91 Å². The van der Waals surface area contributed by atoms with Crippen LogP contribution in [0.5, 0.6) is 11.5 Å². The fourth-order valence-corrected chi connectivity index (χ4v) is 3.57. The number of hydrogen-bond acceptors (Lipinski definition) is 5. The number of nitrogens with zero attached hydrogens (tertiary/aromatic N) is 1. The molecule has 1 aromatic rings. The molecule has 2 rings (SSSR count). The quantitative estimate of drug-likeness (QED) is 0.858. The van der Waals surface area contributed by atoms with Crippen LogP contribution in [-0.4, -0.2) is 58.8 Å². The fraction of sp³-hybridized carbons (Fsp3) is 0.533. The molecule has 1 N–H and O–H groups in total. The standard InChI is InChI=1S/C15H22N2O5S/c1-21-13-6-4-5-12(14(13)22-2)15(18)17-9-7-11(8-10-17)16-23(3,19)20/h4-6,11,16H,7-10H2,1-3H3. The van der Waals surface area contributed by atoms with E-state index in [1.807, 2.05) is 0 Å². The number of amides is 1. The van der Waals surface area contributed by atoms with Crippen LogP contribution in [0.4, 0.5) is 0 Å². The Labute approximate surface area is 136 Å². The summed E-state index contributed by atoms with van der Waals surface area (Å²) in [6.45, 7) is 0.985. The number of benzene rings is 1. The number of sulfonamides is 1. The Balaban J connectivity index is 2.09. The molecule has 1 saturated heterocycles. The molecule has 0 unspecified atom stereocenters. The van der Waals surface area contributed by atoms with Crippen LogP contribution >= 0.6 is 0 Å². The van der Waals surface area contributed by atoms with E-state index < -0.39 is 10.0 Å². The first kappa shape index (κ1) is 17.6. The van der Waals surface area contributed by atoms with Gasteiger partial charge in [-0.25, -0.2) is 13.1 Å². The Bertz CT molecular complexity index is 666. The van der Waals surface area contributed by atoms with Gasteiger partial charge in [-0.1, -0.05) is 6.07 Å². The highest BCUT2D eigenvalue weighted by Crippen LogP contribution is 2.32. The second-order valence-electron chi connectivity index (χ2n) is 5.50. The van der Waals surface area contributed by atoms with Crippen LogP contribution in [-0.2, 0) is 10.0 Å². The van der Waals surface area contributed by atoms with Crippen LogP contribution in [0.2, 0.25) is 0 Å². The summed E-state index contributed by atoms with van der Waals surface area (Å²) >= 11 is 0. The number of para-hydroxylation sites is 1. The number of nitrogens with one attached hydrogen (secondary N) is 1. The van der Waals surface area contributed by atoms with Crippen molar-refractivity contribution in [1.82, 2.24) is 9.62 Å². The van der Waals surface area contributed by atoms with E-state index in [1.54, 1.807) is 23.1 Å². The van der Waals surface area contributed by atoms with Crippen molar-refractivity contribution in [2.75, 3.05) is 33.6 Å². The van der Waals surface area contributed by atoms with Gasteiger partial charge in [-0.05, 0) is 25.0 Å². The van der Waals surface area contributed by atoms with Crippen molar-refractivity contribution < 1.29 is 22.7 Å². The summed E-state index contributed by atoms with van der Waals surface area (Å²) in [7, 11) is -0.204. The van der Waals surface area contributed by atoms with Crippen LogP contribution in [0.1, 0.15) is 23.2 Å². The molecule has 1 fully saturated rings. The zero-order valence-corrected chi connectivity index (χ0v) is 14.4. The van der Waals surface area contributed by atoms with Crippen LogP contribution < -0.4 is 14.2 Å². The Morgan fingerprint density at radius 1 is 1.22 bits per heavy atom. The number of likely N-dealkylation sites (tertiary alicyclic amines) is 1. The molecule has 0 radical (unpaired) electrons. The zero-order valence-electron chi connectivity index (χ0n) is 13.5. The second kappa shape index (κ2) is 7.18. The molecule has 1 amide bonds. The van der Waals surface area contributed by atoms with Gasteiger partial charge in [-0.2, -0.15) is 0 Å². The van der Waals surface area contributed by atoms with E-state index in [0.29, 0.717) is 43.0 Å². The Kier molecular flexibility index (Phi) is 5.48. The van der Waals surface area contributed by atoms with Crippen LogP contribution in [0, 0.1) is 0 Å². The third kappa shape index (κ3) is 4.35. The average molecular weight is 342 g/mol. The van der Waals surface area contributed by atoms with Gasteiger partial charge in [0.15, 0.2) is 11.5 Å². The molecular formula is C15H22N2O5S. The third-order valence-electron chi connectivity index (χ3n) is 3.80. The van der Waals surface area contributed by atoms with Gasteiger partial charge in [0.2, 0.25) is 10.0 Å². The molecule has 1 aromatic carbocycles. The first-order valence-corrected chi connectivity index (χ1v) is 9.22. The Morgan fingerprint density at radius 3 is 2.39 bits per heavy atom. The van der Waals surface area contributed by atoms with E-state index in [9.17, 15) is 13.2 Å². The van der Waals surface area contributed by atoms with Crippen molar-refractivity contribution in [2.24, 2.45) is 0 Å². The van der Waals surface area contributed by atoms with Crippen molar-refractivity contribution in [2.45, 2.75) is 18.9 Å². The topological polar surface area (TPSA) is 84.9 Å². The van der Waals surface area contributed by atoms with E-state index in [2.05, 4.69) is 4.72 Å². The minimum absolute atomic E-state index is 0.124. The largest absolute Gasteiger partial charge is 0.493 e. The van der Waals surface area contributed by atoms with Gasteiger partial charge >= 0.3 is 0 Å². The summed E-state index contributed by atoms with van der Waals surface area (Å²) < 4.78 is 35.6. The summed E-state index contributed by atoms with van der Waals surface area (Å²) in [5, 5.41) is 0. The van der Waals surface area contributed by atoms with E-state index in [4.69, 9.17) is 9.47 Å². The summed E-state index contributed by atoms with van der Waals surface area (Å²) in [4.78, 5) is 14.4. The lowest BCUT2D eigenvalue weighted by Gasteiger charge is -2.32. The lowest BCUT2D eigenvalue weighted by atomic mass is 10.0. The lowest BCUT2D eigenvalue weighted by Crippen LogP contribution is -2.46. The monoisotopic (exact) mass is 342 g/mol. The molecule has 23 heavy (non-hydrogen) atoms. The molecule has 0 bridgehead atoms. The fourth-order valence-electron chi connectivity index (χ4n) is 2.73. The third-order valence-corrected chi connectivity index (χ3v) is 4.56. The number of methoxy groups -OCH3 is 2. The van der Waals surface area contributed by atoms with Gasteiger partial charge in [0.05, 0.1) is 26.0 Å². The van der Waals surface area contributed by atoms with E-state index in [0.717, 1.165) is 6.26 Å². The average Bonchev–Trinajstić information content (AvgIpc) is 2.52. The number of ether oxygens (including phenoxy) is 2. The predicted molar refractivity (Wildman–Crippen MR) is 86.5 cm³/mol. The molecule has 7 nitrogen and oxygen atoms in total. The number of rotatable bonds is 5. The first-order valence-electron chi connectivity index (χ1n) is 7.33. The summed E-state index contributed by atoms with van der Waals surface area (Å²) in [5.41, 5.74) is 0.446. The highest BCUT2D eigenvalue weighted by atomic mass is 32.2. The molecule has 0 saturated carbocycles. The molecule has 0 aliphatic carbocycles. The van der Waals surface area contributed by atoms with Gasteiger partial charge in [0.1, 0.15) is 0 Å². The van der Waals surface area contributed by atoms with E-state index in [-0.39, 0.29) is 11.9 Å². The number of hydrogen-bond donors (Lipinski definition) is 1. The molecule has 0 atom stereocenters. The summed E-state index contributed by atoms with van der Waals surface area (Å²) in [6.07, 6.45) is 2.32. The highest BCUT2D eigenvalue weighted by molar-refractivity contribution is 7.88. The Morgan fingerprint density at radius 2 is 1.87 bits per heavy atom. The van der Waals surface area contributed by atoms with Gasteiger partial charge in [-0.15, -0.1) is 0 Å². The molecule has 1 aliphatic heterocycles. The van der Waals surface area contributed by atoms with Crippen LogP contribution in [0.3, 0.4) is 0 Å². The maximum absolute atomic E-state index is 12.7. The maximum atomic E-state index is 12.7. The normalized spacial score (nSPS) is 16.2. The molecular weight excluding hydrogens is 320 g/mol. The molecule has 1 aliphatic rings. The van der Waals surface area contributed by atoms with Crippen LogP contribution in [0.15, 0.2) is 18.2 Å². The molecule has 0 aromatic heterocycles. The summed E-state index contributed by atoms with van der Waals surface area (Å²) in [6, 6.07) is 5.05. The number of carbonyl (C=O) groups is 1.